The van der Waals surface area contributed by atoms with Gasteiger partial charge < -0.3 is 33.2 Å². The third-order valence-electron chi connectivity index (χ3n) is 9.36. The van der Waals surface area contributed by atoms with Crippen molar-refractivity contribution in [2.45, 2.75) is 77.0 Å². The van der Waals surface area contributed by atoms with Crippen LogP contribution in [-0.4, -0.2) is 64.7 Å². The lowest BCUT2D eigenvalue weighted by atomic mass is 9.77. The normalized spacial score (nSPS) is 20.5. The monoisotopic (exact) mass is 680 g/mol. The van der Waals surface area contributed by atoms with Crippen molar-refractivity contribution in [3.8, 4) is 23.0 Å². The number of carbonyl (C=O) groups is 3. The smallest absolute Gasteiger partial charge is 0.330 e. The van der Waals surface area contributed by atoms with Gasteiger partial charge in [0.1, 0.15) is 24.7 Å². The summed E-state index contributed by atoms with van der Waals surface area (Å²) in [5.74, 6) is 1.87. The highest BCUT2D eigenvalue weighted by atomic mass is 16.6. The minimum absolute atomic E-state index is 0.169. The van der Waals surface area contributed by atoms with Crippen molar-refractivity contribution in [3.05, 3.63) is 60.7 Å². The summed E-state index contributed by atoms with van der Waals surface area (Å²) >= 11 is 0. The second-order valence-corrected chi connectivity index (χ2v) is 12.7. The van der Waals surface area contributed by atoms with E-state index in [9.17, 15) is 14.4 Å². The van der Waals surface area contributed by atoms with Crippen LogP contribution in [0.2, 0.25) is 0 Å². The molecule has 0 unspecified atom stereocenters. The van der Waals surface area contributed by atoms with Crippen molar-refractivity contribution in [2.24, 2.45) is 17.8 Å². The molecule has 10 heteroatoms. The minimum atomic E-state index is -0.477. The van der Waals surface area contributed by atoms with E-state index in [0.717, 1.165) is 12.0 Å². The SMILES string of the molecule is C=CC(=O)OCCOCCOCCOc1ccc(OC(=O)C2CCC(C(=O)Oc3ccc(C4CCC(CCC)CC4)cc3OC)CC2)cc1. The van der Waals surface area contributed by atoms with Crippen LogP contribution in [0.25, 0.3) is 0 Å². The summed E-state index contributed by atoms with van der Waals surface area (Å²) in [6.45, 7) is 7.53. The van der Waals surface area contributed by atoms with E-state index in [1.807, 2.05) is 12.1 Å². The highest BCUT2D eigenvalue weighted by Crippen LogP contribution is 2.41. The molecule has 0 atom stereocenters. The molecule has 0 radical (unpaired) electrons. The largest absolute Gasteiger partial charge is 0.493 e. The second-order valence-electron chi connectivity index (χ2n) is 12.7. The molecule has 0 amide bonds. The minimum Gasteiger partial charge on any atom is -0.493 e. The zero-order valence-electron chi connectivity index (χ0n) is 29.0. The van der Waals surface area contributed by atoms with E-state index in [1.165, 1.54) is 44.1 Å². The Morgan fingerprint density at radius 2 is 1.31 bits per heavy atom. The van der Waals surface area contributed by atoms with E-state index in [-0.39, 0.29) is 37.0 Å². The Morgan fingerprint density at radius 1 is 0.714 bits per heavy atom. The molecule has 0 heterocycles. The summed E-state index contributed by atoms with van der Waals surface area (Å²) in [5, 5.41) is 0. The van der Waals surface area contributed by atoms with Crippen molar-refractivity contribution in [1.82, 2.24) is 0 Å². The maximum atomic E-state index is 13.1. The fourth-order valence-electron chi connectivity index (χ4n) is 6.58. The molecule has 0 saturated heterocycles. The molecule has 2 aromatic rings. The summed E-state index contributed by atoms with van der Waals surface area (Å²) < 4.78 is 38.3. The number of hydrogen-bond acceptors (Lipinski definition) is 10. The van der Waals surface area contributed by atoms with Gasteiger partial charge in [0, 0.05) is 6.08 Å². The maximum Gasteiger partial charge on any atom is 0.330 e. The molecular formula is C39H52O10. The Hall–Kier alpha value is -3.89. The first kappa shape index (κ1) is 37.9. The van der Waals surface area contributed by atoms with Crippen LogP contribution in [0.15, 0.2) is 55.1 Å². The predicted molar refractivity (Wildman–Crippen MR) is 184 cm³/mol. The number of carbonyl (C=O) groups excluding carboxylic acids is 3. The first-order chi connectivity index (χ1) is 23.9. The summed E-state index contributed by atoms with van der Waals surface area (Å²) in [7, 11) is 1.61. The van der Waals surface area contributed by atoms with Gasteiger partial charge >= 0.3 is 17.9 Å². The number of rotatable bonds is 19. The molecule has 0 N–H and O–H groups in total. The van der Waals surface area contributed by atoms with E-state index in [4.69, 9.17) is 33.2 Å². The molecule has 2 aliphatic carbocycles. The lowest BCUT2D eigenvalue weighted by Crippen LogP contribution is -2.30. The highest BCUT2D eigenvalue weighted by molar-refractivity contribution is 5.81. The molecule has 0 bridgehead atoms. The van der Waals surface area contributed by atoms with Crippen molar-refractivity contribution in [3.63, 3.8) is 0 Å². The van der Waals surface area contributed by atoms with E-state index in [2.05, 4.69) is 19.6 Å². The third kappa shape index (κ3) is 12.5. The van der Waals surface area contributed by atoms with E-state index in [1.54, 1.807) is 31.4 Å². The van der Waals surface area contributed by atoms with Crippen molar-refractivity contribution < 1.29 is 47.5 Å². The van der Waals surface area contributed by atoms with Gasteiger partial charge in [-0.25, -0.2) is 4.79 Å². The summed E-state index contributed by atoms with van der Waals surface area (Å²) in [6.07, 6.45) is 10.8. The van der Waals surface area contributed by atoms with Gasteiger partial charge in [-0.15, -0.1) is 0 Å². The molecular weight excluding hydrogens is 628 g/mol. The molecule has 49 heavy (non-hydrogen) atoms. The van der Waals surface area contributed by atoms with Crippen LogP contribution in [-0.2, 0) is 28.6 Å². The van der Waals surface area contributed by atoms with Crippen LogP contribution in [0.5, 0.6) is 23.0 Å². The molecule has 10 nitrogen and oxygen atoms in total. The number of ether oxygens (including phenoxy) is 7. The number of benzene rings is 2. The second kappa shape index (κ2) is 20.6. The van der Waals surface area contributed by atoms with Crippen LogP contribution in [0, 0.1) is 17.8 Å². The van der Waals surface area contributed by atoms with Gasteiger partial charge in [0.05, 0.1) is 45.4 Å². The van der Waals surface area contributed by atoms with Gasteiger partial charge in [0.15, 0.2) is 11.5 Å². The summed E-state index contributed by atoms with van der Waals surface area (Å²) in [4.78, 5) is 36.9. The van der Waals surface area contributed by atoms with Gasteiger partial charge in [-0.2, -0.15) is 0 Å². The fourth-order valence-corrected chi connectivity index (χ4v) is 6.58. The quantitative estimate of drug-likeness (QED) is 0.0651. The van der Waals surface area contributed by atoms with Crippen LogP contribution in [0.4, 0.5) is 0 Å². The molecule has 0 aromatic heterocycles. The third-order valence-corrected chi connectivity index (χ3v) is 9.36. The van der Waals surface area contributed by atoms with Gasteiger partial charge in [0.2, 0.25) is 0 Å². The molecule has 2 aromatic carbocycles. The van der Waals surface area contributed by atoms with Crippen LogP contribution in [0.3, 0.4) is 0 Å². The molecule has 0 spiro atoms. The Morgan fingerprint density at radius 3 is 1.92 bits per heavy atom. The Bertz CT molecular complexity index is 1320. The van der Waals surface area contributed by atoms with Crippen molar-refractivity contribution >= 4 is 17.9 Å². The van der Waals surface area contributed by atoms with Gasteiger partial charge in [0.25, 0.3) is 0 Å². The first-order valence-corrected chi connectivity index (χ1v) is 17.7. The zero-order chi connectivity index (χ0) is 34.8. The topological polar surface area (TPSA) is 116 Å². The van der Waals surface area contributed by atoms with Crippen molar-refractivity contribution in [2.75, 3.05) is 46.8 Å². The molecule has 2 saturated carbocycles. The fraction of sp³-hybridized carbons (Fsp3) is 0.564. The average molecular weight is 681 g/mol. The summed E-state index contributed by atoms with van der Waals surface area (Å²) in [5.41, 5.74) is 1.25. The van der Waals surface area contributed by atoms with E-state index >= 15 is 0 Å². The zero-order valence-corrected chi connectivity index (χ0v) is 29.0. The van der Waals surface area contributed by atoms with Crippen LogP contribution < -0.4 is 18.9 Å². The molecule has 4 rings (SSSR count). The molecule has 2 aliphatic rings. The van der Waals surface area contributed by atoms with E-state index in [0.29, 0.717) is 81.0 Å². The number of hydrogen-bond donors (Lipinski definition) is 0. The van der Waals surface area contributed by atoms with Gasteiger partial charge in [-0.05, 0) is 105 Å². The number of methoxy groups -OCH3 is 1. The average Bonchev–Trinajstić information content (AvgIpc) is 3.13. The Kier molecular flexibility index (Phi) is 15.9. The Balaban J connectivity index is 1.11. The van der Waals surface area contributed by atoms with E-state index < -0.39 is 5.97 Å². The predicted octanol–water partition coefficient (Wildman–Crippen LogP) is 7.23. The lowest BCUT2D eigenvalue weighted by Gasteiger charge is -2.29. The maximum absolute atomic E-state index is 13.1. The highest BCUT2D eigenvalue weighted by Gasteiger charge is 2.33. The molecule has 268 valence electrons. The number of esters is 3. The lowest BCUT2D eigenvalue weighted by molar-refractivity contribution is -0.145. The van der Waals surface area contributed by atoms with Crippen molar-refractivity contribution in [1.29, 1.82) is 0 Å². The Labute approximate surface area is 290 Å². The first-order valence-electron chi connectivity index (χ1n) is 17.7. The standard InChI is InChI=1S/C39H52O10/c1-4-6-28-7-9-29(10-8-28)32-15-20-35(36(27-32)43-3)49-39(42)31-13-11-30(12-14-31)38(41)48-34-18-16-33(17-19-34)46-25-23-44-21-22-45-24-26-47-37(40)5-2/h5,15-20,27-31H,2,4,6-14,21-26H2,1,3H3. The van der Waals surface area contributed by atoms with Gasteiger partial charge in [-0.3, -0.25) is 9.59 Å². The molecule has 2 fully saturated rings. The molecule has 0 aliphatic heterocycles. The van der Waals surface area contributed by atoms with Gasteiger partial charge in [-0.1, -0.05) is 32.4 Å². The van der Waals surface area contributed by atoms with Crippen LogP contribution in [0.1, 0.15) is 82.6 Å². The summed E-state index contributed by atoms with van der Waals surface area (Å²) in [6, 6.07) is 12.8. The van der Waals surface area contributed by atoms with Crippen LogP contribution >= 0.6 is 0 Å².